The number of aromatic nitrogens is 3. The molecule has 2 saturated heterocycles. The molecule has 4 rings (SSSR count). The van der Waals surface area contributed by atoms with E-state index in [1.807, 2.05) is 32.2 Å². The molecule has 0 bridgehead atoms. The van der Waals surface area contributed by atoms with Crippen molar-refractivity contribution in [3.63, 3.8) is 0 Å². The van der Waals surface area contributed by atoms with Crippen LogP contribution in [-0.2, 0) is 11.8 Å². The van der Waals surface area contributed by atoms with Gasteiger partial charge in [0, 0.05) is 49.9 Å². The highest BCUT2D eigenvalue weighted by molar-refractivity contribution is 6.00. The standard InChI is InChI=1S/C17H23N7O2/c1-10-7-14(22-23(10)2)20-13-5-6-24(17(13)26)15-4-3-12(16(25)21-15)11-8-18-19-9-11/h3-4,7,11,13,18-19H,5-6,8-9H2,1-2H3,(H,20,22)(H,21,25). The molecule has 2 aliphatic heterocycles. The zero-order valence-electron chi connectivity index (χ0n) is 14.9. The van der Waals surface area contributed by atoms with Gasteiger partial charge < -0.3 is 10.3 Å². The summed E-state index contributed by atoms with van der Waals surface area (Å²) in [6.45, 7) is 3.97. The Morgan fingerprint density at radius 1 is 1.23 bits per heavy atom. The Balaban J connectivity index is 1.49. The van der Waals surface area contributed by atoms with Gasteiger partial charge in [-0.1, -0.05) is 0 Å². The van der Waals surface area contributed by atoms with E-state index in [0.717, 1.165) is 24.3 Å². The number of H-pyrrole nitrogens is 1. The van der Waals surface area contributed by atoms with Gasteiger partial charge >= 0.3 is 0 Å². The van der Waals surface area contributed by atoms with E-state index in [9.17, 15) is 9.59 Å². The van der Waals surface area contributed by atoms with E-state index in [0.29, 0.717) is 24.6 Å². The normalized spacial score (nSPS) is 20.9. The maximum Gasteiger partial charge on any atom is 0.253 e. The number of nitrogens with zero attached hydrogens (tertiary/aromatic N) is 3. The SMILES string of the molecule is Cc1cc(NC2CCN(c3ccc(C4CNNC4)c(=O)[nH]3)C2=O)nn1C. The molecule has 1 atom stereocenters. The number of carbonyl (C=O) groups excluding carboxylic acids is 1. The number of nitrogens with one attached hydrogen (secondary N) is 4. The Morgan fingerprint density at radius 2 is 2.00 bits per heavy atom. The van der Waals surface area contributed by atoms with Crippen LogP contribution in [0.4, 0.5) is 11.6 Å². The molecule has 9 nitrogen and oxygen atoms in total. The summed E-state index contributed by atoms with van der Waals surface area (Å²) >= 11 is 0. The number of hydrogen-bond acceptors (Lipinski definition) is 6. The zero-order chi connectivity index (χ0) is 18.3. The molecule has 2 fully saturated rings. The fourth-order valence-electron chi connectivity index (χ4n) is 3.50. The van der Waals surface area contributed by atoms with E-state index >= 15 is 0 Å². The summed E-state index contributed by atoms with van der Waals surface area (Å²) in [5.74, 6) is 1.32. The Morgan fingerprint density at radius 3 is 2.65 bits per heavy atom. The lowest BCUT2D eigenvalue weighted by molar-refractivity contribution is -0.117. The molecule has 26 heavy (non-hydrogen) atoms. The number of aryl methyl sites for hydroxylation is 2. The van der Waals surface area contributed by atoms with Gasteiger partial charge in [-0.25, -0.2) is 0 Å². The van der Waals surface area contributed by atoms with E-state index in [1.54, 1.807) is 9.58 Å². The largest absolute Gasteiger partial charge is 0.357 e. The lowest BCUT2D eigenvalue weighted by Crippen LogP contribution is -2.35. The summed E-state index contributed by atoms with van der Waals surface area (Å²) in [6.07, 6.45) is 0.661. The zero-order valence-corrected chi connectivity index (χ0v) is 14.9. The summed E-state index contributed by atoms with van der Waals surface area (Å²) in [5, 5.41) is 7.53. The van der Waals surface area contributed by atoms with E-state index in [1.165, 1.54) is 0 Å². The maximum atomic E-state index is 12.7. The first kappa shape index (κ1) is 16.8. The van der Waals surface area contributed by atoms with Gasteiger partial charge in [0.05, 0.1) is 0 Å². The highest BCUT2D eigenvalue weighted by Gasteiger charge is 2.33. The van der Waals surface area contributed by atoms with Gasteiger partial charge in [-0.15, -0.1) is 0 Å². The second-order valence-corrected chi connectivity index (χ2v) is 6.86. The second-order valence-electron chi connectivity index (χ2n) is 6.86. The van der Waals surface area contributed by atoms with Crippen LogP contribution in [0.15, 0.2) is 23.0 Å². The second kappa shape index (κ2) is 6.58. The monoisotopic (exact) mass is 357 g/mol. The molecule has 138 valence electrons. The predicted molar refractivity (Wildman–Crippen MR) is 98.1 cm³/mol. The van der Waals surface area contributed by atoms with Crippen molar-refractivity contribution in [1.82, 2.24) is 25.6 Å². The Labute approximate surface area is 150 Å². The minimum absolute atomic E-state index is 0.0547. The summed E-state index contributed by atoms with van der Waals surface area (Å²) in [6, 6.07) is 5.22. The van der Waals surface area contributed by atoms with Crippen LogP contribution in [0.2, 0.25) is 0 Å². The average molecular weight is 357 g/mol. The van der Waals surface area contributed by atoms with Crippen LogP contribution < -0.4 is 26.6 Å². The van der Waals surface area contributed by atoms with Crippen LogP contribution in [-0.4, -0.2) is 46.3 Å². The number of hydrogen-bond donors (Lipinski definition) is 4. The number of carbonyl (C=O) groups is 1. The van der Waals surface area contributed by atoms with Crippen LogP contribution in [0.5, 0.6) is 0 Å². The van der Waals surface area contributed by atoms with Crippen LogP contribution in [0.25, 0.3) is 0 Å². The molecule has 0 aliphatic carbocycles. The molecular formula is C17H23N7O2. The molecule has 0 spiro atoms. The number of rotatable bonds is 4. The van der Waals surface area contributed by atoms with Crippen LogP contribution in [0, 0.1) is 6.92 Å². The van der Waals surface area contributed by atoms with Crippen molar-refractivity contribution in [2.75, 3.05) is 29.9 Å². The number of amides is 1. The topological polar surface area (TPSA) is 107 Å². The van der Waals surface area contributed by atoms with Crippen molar-refractivity contribution in [3.8, 4) is 0 Å². The van der Waals surface area contributed by atoms with Crippen LogP contribution >= 0.6 is 0 Å². The van der Waals surface area contributed by atoms with E-state index in [2.05, 4.69) is 26.3 Å². The van der Waals surface area contributed by atoms with Crippen molar-refractivity contribution >= 4 is 17.5 Å². The first-order chi connectivity index (χ1) is 12.5. The van der Waals surface area contributed by atoms with Crippen LogP contribution in [0.1, 0.15) is 23.6 Å². The smallest absolute Gasteiger partial charge is 0.253 e. The van der Waals surface area contributed by atoms with Gasteiger partial charge in [0.25, 0.3) is 11.5 Å². The third-order valence-corrected chi connectivity index (χ3v) is 5.12. The summed E-state index contributed by atoms with van der Waals surface area (Å²) < 4.78 is 1.77. The first-order valence-electron chi connectivity index (χ1n) is 8.80. The Bertz CT molecular complexity index is 862. The quantitative estimate of drug-likeness (QED) is 0.605. The highest BCUT2D eigenvalue weighted by Crippen LogP contribution is 2.22. The van der Waals surface area contributed by atoms with Crippen molar-refractivity contribution in [1.29, 1.82) is 0 Å². The van der Waals surface area contributed by atoms with E-state index in [-0.39, 0.29) is 23.4 Å². The summed E-state index contributed by atoms with van der Waals surface area (Å²) in [4.78, 5) is 29.7. The minimum atomic E-state index is -0.337. The molecule has 4 N–H and O–H groups in total. The Hall–Kier alpha value is -2.65. The fourth-order valence-corrected chi connectivity index (χ4v) is 3.50. The molecule has 1 unspecified atom stereocenters. The summed E-state index contributed by atoms with van der Waals surface area (Å²) in [5.41, 5.74) is 7.67. The fraction of sp³-hybridized carbons (Fsp3) is 0.471. The van der Waals surface area contributed by atoms with Gasteiger partial charge in [-0.05, 0) is 25.5 Å². The lowest BCUT2D eigenvalue weighted by atomic mass is 10.0. The summed E-state index contributed by atoms with van der Waals surface area (Å²) in [7, 11) is 1.87. The molecule has 1 amide bonds. The van der Waals surface area contributed by atoms with Gasteiger partial charge in [0.1, 0.15) is 17.7 Å². The molecule has 2 aromatic heterocycles. The molecule has 4 heterocycles. The van der Waals surface area contributed by atoms with Gasteiger partial charge in [0.15, 0.2) is 0 Å². The van der Waals surface area contributed by atoms with Crippen molar-refractivity contribution in [3.05, 3.63) is 39.8 Å². The maximum absolute atomic E-state index is 12.7. The average Bonchev–Trinajstić information content (AvgIpc) is 3.32. The molecule has 2 aliphatic rings. The first-order valence-corrected chi connectivity index (χ1v) is 8.80. The number of hydrazine groups is 1. The van der Waals surface area contributed by atoms with Crippen molar-refractivity contribution in [2.24, 2.45) is 7.05 Å². The van der Waals surface area contributed by atoms with E-state index in [4.69, 9.17) is 0 Å². The van der Waals surface area contributed by atoms with Gasteiger partial charge in [-0.3, -0.25) is 30.0 Å². The van der Waals surface area contributed by atoms with Gasteiger partial charge in [0.2, 0.25) is 0 Å². The molecule has 0 radical (unpaired) electrons. The minimum Gasteiger partial charge on any atom is -0.357 e. The van der Waals surface area contributed by atoms with Crippen molar-refractivity contribution in [2.45, 2.75) is 25.3 Å². The lowest BCUT2D eigenvalue weighted by Gasteiger charge is -2.17. The molecular weight excluding hydrogens is 334 g/mol. The van der Waals surface area contributed by atoms with Gasteiger partial charge in [-0.2, -0.15) is 5.10 Å². The molecule has 9 heteroatoms. The number of pyridine rings is 1. The van der Waals surface area contributed by atoms with Crippen LogP contribution in [0.3, 0.4) is 0 Å². The van der Waals surface area contributed by atoms with E-state index < -0.39 is 0 Å². The number of aromatic amines is 1. The molecule has 0 saturated carbocycles. The molecule has 0 aromatic carbocycles. The highest BCUT2D eigenvalue weighted by atomic mass is 16.2. The third-order valence-electron chi connectivity index (χ3n) is 5.12. The predicted octanol–water partition coefficient (Wildman–Crippen LogP) is -0.174. The molecule has 2 aromatic rings. The number of anilines is 2. The Kier molecular flexibility index (Phi) is 4.25. The third kappa shape index (κ3) is 2.99. The van der Waals surface area contributed by atoms with Crippen molar-refractivity contribution < 1.29 is 4.79 Å².